The molecule has 1 aliphatic heterocycles. The van der Waals surface area contributed by atoms with Gasteiger partial charge in [-0.3, -0.25) is 4.79 Å². The topological polar surface area (TPSA) is 57.9 Å². The van der Waals surface area contributed by atoms with Crippen molar-refractivity contribution in [1.82, 2.24) is 0 Å². The van der Waals surface area contributed by atoms with Crippen LogP contribution in [-0.4, -0.2) is 13.2 Å². The summed E-state index contributed by atoms with van der Waals surface area (Å²) < 4.78 is 36.6. The van der Waals surface area contributed by atoms with E-state index in [1.54, 1.807) is 18.2 Å². The SMILES string of the molecule is CCCc1cc2c(=O)c(-c3ccc4c(c3)OCCCO4)coc2cc1OCc1ccc(F)cc1. The molecule has 34 heavy (non-hydrogen) atoms. The number of fused-ring (bicyclic) bond motifs is 2. The summed E-state index contributed by atoms with van der Waals surface area (Å²) in [6, 6.07) is 15.3. The van der Waals surface area contributed by atoms with Crippen molar-refractivity contribution in [3.63, 3.8) is 0 Å². The van der Waals surface area contributed by atoms with Crippen LogP contribution in [0.15, 0.2) is 70.1 Å². The lowest BCUT2D eigenvalue weighted by atomic mass is 10.0. The van der Waals surface area contributed by atoms with Crippen LogP contribution in [0.1, 0.15) is 30.9 Å². The first-order valence-corrected chi connectivity index (χ1v) is 11.5. The van der Waals surface area contributed by atoms with E-state index in [0.717, 1.165) is 30.4 Å². The zero-order valence-electron chi connectivity index (χ0n) is 18.9. The molecule has 0 fully saturated rings. The van der Waals surface area contributed by atoms with Gasteiger partial charge in [-0.1, -0.05) is 31.5 Å². The van der Waals surface area contributed by atoms with Crippen molar-refractivity contribution in [2.45, 2.75) is 32.8 Å². The molecule has 5 nitrogen and oxygen atoms in total. The van der Waals surface area contributed by atoms with E-state index >= 15 is 0 Å². The van der Waals surface area contributed by atoms with E-state index in [9.17, 15) is 9.18 Å². The molecule has 2 heterocycles. The number of aryl methyl sites for hydroxylation is 1. The molecule has 1 aromatic heterocycles. The van der Waals surface area contributed by atoms with Crippen molar-refractivity contribution in [3.8, 4) is 28.4 Å². The first-order chi connectivity index (χ1) is 16.6. The normalized spacial score (nSPS) is 13.0. The molecular formula is C28H25FO5. The lowest BCUT2D eigenvalue weighted by Crippen LogP contribution is -2.07. The van der Waals surface area contributed by atoms with Crippen molar-refractivity contribution in [2.75, 3.05) is 13.2 Å². The molecule has 4 aromatic rings. The van der Waals surface area contributed by atoms with Gasteiger partial charge >= 0.3 is 0 Å². The van der Waals surface area contributed by atoms with E-state index in [-0.39, 0.29) is 11.2 Å². The molecule has 0 atom stereocenters. The van der Waals surface area contributed by atoms with Gasteiger partial charge in [0.15, 0.2) is 11.5 Å². The second-order valence-corrected chi connectivity index (χ2v) is 8.31. The number of hydrogen-bond donors (Lipinski definition) is 0. The number of hydrogen-bond acceptors (Lipinski definition) is 5. The lowest BCUT2D eigenvalue weighted by Gasteiger charge is -2.13. The van der Waals surface area contributed by atoms with Crippen LogP contribution in [0.5, 0.6) is 17.2 Å². The summed E-state index contributed by atoms with van der Waals surface area (Å²) in [5.41, 5.74) is 3.31. The minimum absolute atomic E-state index is 0.113. The molecule has 174 valence electrons. The van der Waals surface area contributed by atoms with Gasteiger partial charge in [0.2, 0.25) is 5.43 Å². The minimum Gasteiger partial charge on any atom is -0.490 e. The van der Waals surface area contributed by atoms with Gasteiger partial charge in [-0.15, -0.1) is 0 Å². The fourth-order valence-corrected chi connectivity index (χ4v) is 4.07. The number of halogens is 1. The third-order valence-corrected chi connectivity index (χ3v) is 5.84. The smallest absolute Gasteiger partial charge is 0.200 e. The van der Waals surface area contributed by atoms with Gasteiger partial charge in [-0.2, -0.15) is 0 Å². The van der Waals surface area contributed by atoms with E-state index in [0.29, 0.717) is 59.2 Å². The van der Waals surface area contributed by atoms with Gasteiger partial charge in [0.25, 0.3) is 0 Å². The standard InChI is InChI=1S/C28H25FO5/c1-2-4-20-13-22-26(15-25(20)33-16-18-5-8-21(29)9-6-18)34-17-23(28(22)30)19-7-10-24-27(14-19)32-12-3-11-31-24/h5-10,13-15,17H,2-4,11-12,16H2,1H3. The molecule has 0 bridgehead atoms. The summed E-state index contributed by atoms with van der Waals surface area (Å²) in [6.07, 6.45) is 3.94. The predicted octanol–water partition coefficient (Wildman–Crippen LogP) is 6.29. The molecule has 1 aliphatic rings. The van der Waals surface area contributed by atoms with E-state index in [4.69, 9.17) is 18.6 Å². The van der Waals surface area contributed by atoms with Crippen molar-refractivity contribution < 1.29 is 23.0 Å². The molecule has 0 amide bonds. The average molecular weight is 461 g/mol. The van der Waals surface area contributed by atoms with Gasteiger partial charge in [0.1, 0.15) is 30.0 Å². The Bertz CT molecular complexity index is 1370. The van der Waals surface area contributed by atoms with Crippen LogP contribution in [0.3, 0.4) is 0 Å². The van der Waals surface area contributed by atoms with Crippen molar-refractivity contribution in [1.29, 1.82) is 0 Å². The summed E-state index contributed by atoms with van der Waals surface area (Å²) >= 11 is 0. The monoisotopic (exact) mass is 460 g/mol. The highest BCUT2D eigenvalue weighted by molar-refractivity contribution is 5.84. The Morgan fingerprint density at radius 1 is 0.971 bits per heavy atom. The molecule has 0 saturated carbocycles. The molecule has 0 saturated heterocycles. The Morgan fingerprint density at radius 2 is 1.76 bits per heavy atom. The lowest BCUT2D eigenvalue weighted by molar-refractivity contribution is 0.297. The molecule has 0 N–H and O–H groups in total. The Kier molecular flexibility index (Phi) is 6.21. The Morgan fingerprint density at radius 3 is 2.56 bits per heavy atom. The average Bonchev–Trinajstić information content (AvgIpc) is 3.09. The molecule has 0 radical (unpaired) electrons. The predicted molar refractivity (Wildman–Crippen MR) is 128 cm³/mol. The molecule has 6 heteroatoms. The van der Waals surface area contributed by atoms with Crippen LogP contribution in [0.25, 0.3) is 22.1 Å². The van der Waals surface area contributed by atoms with Gasteiger partial charge in [0, 0.05) is 12.5 Å². The fraction of sp³-hybridized carbons (Fsp3) is 0.250. The van der Waals surface area contributed by atoms with Crippen LogP contribution in [0, 0.1) is 5.82 Å². The van der Waals surface area contributed by atoms with Crippen LogP contribution in [0.2, 0.25) is 0 Å². The molecule has 0 spiro atoms. The maximum absolute atomic E-state index is 13.4. The molecule has 0 unspecified atom stereocenters. The summed E-state index contributed by atoms with van der Waals surface area (Å²) in [7, 11) is 0. The zero-order valence-corrected chi connectivity index (χ0v) is 18.9. The number of rotatable bonds is 6. The van der Waals surface area contributed by atoms with Gasteiger partial charge in [-0.25, -0.2) is 4.39 Å². The number of ether oxygens (including phenoxy) is 3. The van der Waals surface area contributed by atoms with Crippen LogP contribution < -0.4 is 19.6 Å². The summed E-state index contributed by atoms with van der Waals surface area (Å²) in [5, 5.41) is 0.502. The second-order valence-electron chi connectivity index (χ2n) is 8.31. The van der Waals surface area contributed by atoms with Crippen molar-refractivity contribution in [2.24, 2.45) is 0 Å². The maximum Gasteiger partial charge on any atom is 0.200 e. The maximum atomic E-state index is 13.4. The van der Waals surface area contributed by atoms with Gasteiger partial charge in [-0.05, 0) is 53.4 Å². The van der Waals surface area contributed by atoms with Gasteiger partial charge < -0.3 is 18.6 Å². The Hall–Kier alpha value is -3.80. The number of benzene rings is 3. The Balaban J connectivity index is 1.50. The third-order valence-electron chi connectivity index (χ3n) is 5.84. The summed E-state index contributed by atoms with van der Waals surface area (Å²) in [5.74, 6) is 1.68. The second kappa shape index (κ2) is 9.59. The highest BCUT2D eigenvalue weighted by atomic mass is 19.1. The van der Waals surface area contributed by atoms with Crippen molar-refractivity contribution >= 4 is 11.0 Å². The molecular weight excluding hydrogens is 435 g/mol. The highest BCUT2D eigenvalue weighted by Gasteiger charge is 2.17. The summed E-state index contributed by atoms with van der Waals surface area (Å²) in [4.78, 5) is 13.4. The quantitative estimate of drug-likeness (QED) is 0.338. The van der Waals surface area contributed by atoms with Crippen LogP contribution >= 0.6 is 0 Å². The van der Waals surface area contributed by atoms with E-state index in [1.165, 1.54) is 18.4 Å². The molecule has 0 aliphatic carbocycles. The molecule has 5 rings (SSSR count). The van der Waals surface area contributed by atoms with Crippen molar-refractivity contribution in [3.05, 3.63) is 88.0 Å². The Labute approximate surface area is 196 Å². The van der Waals surface area contributed by atoms with Crippen LogP contribution in [0.4, 0.5) is 4.39 Å². The first kappa shape index (κ1) is 22.0. The fourth-order valence-electron chi connectivity index (χ4n) is 4.07. The van der Waals surface area contributed by atoms with Crippen LogP contribution in [-0.2, 0) is 13.0 Å². The zero-order chi connectivity index (χ0) is 23.5. The minimum atomic E-state index is -0.285. The van der Waals surface area contributed by atoms with E-state index in [1.807, 2.05) is 24.3 Å². The summed E-state index contributed by atoms with van der Waals surface area (Å²) in [6.45, 7) is 3.55. The van der Waals surface area contributed by atoms with E-state index in [2.05, 4.69) is 6.92 Å². The first-order valence-electron chi connectivity index (χ1n) is 11.5. The third kappa shape index (κ3) is 4.49. The largest absolute Gasteiger partial charge is 0.490 e. The van der Waals surface area contributed by atoms with E-state index < -0.39 is 0 Å². The molecule has 3 aromatic carbocycles. The highest BCUT2D eigenvalue weighted by Crippen LogP contribution is 2.34. The van der Waals surface area contributed by atoms with Gasteiger partial charge in [0.05, 0.1) is 24.2 Å².